The molecule has 0 radical (unpaired) electrons. The summed E-state index contributed by atoms with van der Waals surface area (Å²) >= 11 is 0. The zero-order valence-corrected chi connectivity index (χ0v) is 25.9. The van der Waals surface area contributed by atoms with Crippen LogP contribution in [0.15, 0.2) is 102 Å². The number of nitrogens with one attached hydrogen (secondary N) is 3. The van der Waals surface area contributed by atoms with Crippen molar-refractivity contribution < 1.29 is 54.6 Å². The van der Waals surface area contributed by atoms with Gasteiger partial charge in [0.1, 0.15) is 22.5 Å². The second kappa shape index (κ2) is 15.8. The van der Waals surface area contributed by atoms with Crippen LogP contribution in [0.2, 0.25) is 0 Å². The van der Waals surface area contributed by atoms with Gasteiger partial charge < -0.3 is 46.6 Å². The van der Waals surface area contributed by atoms with Gasteiger partial charge in [-0.05, 0) is 71.3 Å². The van der Waals surface area contributed by atoms with Gasteiger partial charge in [0.25, 0.3) is 0 Å². The van der Waals surface area contributed by atoms with Gasteiger partial charge in [0.2, 0.25) is 17.8 Å². The zero-order chi connectivity index (χ0) is 37.2. The van der Waals surface area contributed by atoms with E-state index < -0.39 is 46.8 Å². The van der Waals surface area contributed by atoms with Crippen LogP contribution in [-0.4, -0.2) is 75.4 Å². The Morgan fingerprint density at radius 1 is 0.431 bits per heavy atom. The summed E-state index contributed by atoms with van der Waals surface area (Å²) in [4.78, 5) is 69.4. The number of carboxylic acids is 5. The Bertz CT molecular complexity index is 1820. The van der Waals surface area contributed by atoms with E-state index in [0.29, 0.717) is 33.8 Å². The second-order valence-corrected chi connectivity index (χ2v) is 10.2. The number of nitrogens with zero attached hydrogens (tertiary/aromatic N) is 3. The number of aliphatic carboxylic acids is 5. The van der Waals surface area contributed by atoms with Crippen LogP contribution in [-0.2, 0) is 24.0 Å². The van der Waals surface area contributed by atoms with Crippen LogP contribution in [0.4, 0.5) is 34.9 Å². The van der Waals surface area contributed by atoms with Crippen LogP contribution >= 0.6 is 0 Å². The quantitative estimate of drug-likeness (QED) is 0.0267. The number of aromatic nitrogens is 3. The molecule has 0 amide bonds. The van der Waals surface area contributed by atoms with E-state index >= 15 is 0 Å². The van der Waals surface area contributed by atoms with E-state index in [4.69, 9.17) is 20.4 Å². The predicted octanol–water partition coefficient (Wildman–Crippen LogP) is 4.75. The van der Waals surface area contributed by atoms with Gasteiger partial charge in [-0.1, -0.05) is 43.0 Å². The van der Waals surface area contributed by atoms with Gasteiger partial charge in [0, 0.05) is 17.1 Å². The summed E-state index contributed by atoms with van der Waals surface area (Å²) in [6.45, 7) is 3.25. The molecule has 1 aromatic heterocycles. The lowest BCUT2D eigenvalue weighted by Crippen LogP contribution is -2.10. The molecule has 0 atom stereocenters. The van der Waals surface area contributed by atoms with Crippen LogP contribution in [0, 0.1) is 0 Å². The second-order valence-electron chi connectivity index (χ2n) is 10.2. The summed E-state index contributed by atoms with van der Waals surface area (Å²) in [5.74, 6) is -8.28. The highest BCUT2D eigenvalue weighted by Gasteiger charge is 2.17. The Hall–Kier alpha value is -7.82. The van der Waals surface area contributed by atoms with Crippen LogP contribution in [0.3, 0.4) is 0 Å². The molecular formula is C34H26N6O11. The number of hydrogen-bond acceptors (Lipinski definition) is 12. The van der Waals surface area contributed by atoms with Crippen molar-refractivity contribution in [3.05, 3.63) is 119 Å². The maximum atomic E-state index is 11.4. The van der Waals surface area contributed by atoms with Crippen LogP contribution in [0.25, 0.3) is 18.2 Å². The lowest BCUT2D eigenvalue weighted by atomic mass is 10.1. The van der Waals surface area contributed by atoms with E-state index in [2.05, 4.69) is 37.5 Å². The molecule has 0 aliphatic heterocycles. The van der Waals surface area contributed by atoms with E-state index in [9.17, 15) is 34.2 Å². The molecule has 0 aliphatic rings. The minimum absolute atomic E-state index is 0.0225. The van der Waals surface area contributed by atoms with Crippen LogP contribution in [0.5, 0.6) is 0 Å². The fourth-order valence-corrected chi connectivity index (χ4v) is 4.12. The lowest BCUT2D eigenvalue weighted by Gasteiger charge is -2.12. The molecule has 4 rings (SSSR count). The van der Waals surface area contributed by atoms with Crippen molar-refractivity contribution in [2.24, 2.45) is 0 Å². The molecular weight excluding hydrogens is 668 g/mol. The van der Waals surface area contributed by atoms with Crippen LogP contribution < -0.4 is 16.0 Å². The number of carboxylic acid groups (broad SMARTS) is 5. The molecule has 258 valence electrons. The fourth-order valence-electron chi connectivity index (χ4n) is 4.12. The monoisotopic (exact) mass is 694 g/mol. The van der Waals surface area contributed by atoms with Gasteiger partial charge in [-0.3, -0.25) is 0 Å². The normalized spacial score (nSPS) is 10.6. The van der Waals surface area contributed by atoms with Crippen molar-refractivity contribution >= 4 is 83.0 Å². The summed E-state index contributed by atoms with van der Waals surface area (Å²) < 4.78 is 0. The third-order valence-corrected chi connectivity index (χ3v) is 6.53. The van der Waals surface area contributed by atoms with Crippen molar-refractivity contribution in [1.29, 1.82) is 0 Å². The highest BCUT2D eigenvalue weighted by Crippen LogP contribution is 2.23. The van der Waals surface area contributed by atoms with Gasteiger partial charge in [-0.2, -0.15) is 15.0 Å². The predicted molar refractivity (Wildman–Crippen MR) is 183 cm³/mol. The number of aliphatic hydroxyl groups is 1. The molecule has 0 spiro atoms. The van der Waals surface area contributed by atoms with E-state index in [-0.39, 0.29) is 23.4 Å². The molecule has 17 heteroatoms. The molecule has 0 bridgehead atoms. The first-order chi connectivity index (χ1) is 24.2. The van der Waals surface area contributed by atoms with Crippen molar-refractivity contribution in [3.63, 3.8) is 0 Å². The lowest BCUT2D eigenvalue weighted by molar-refractivity contribution is -0.142. The molecule has 9 N–H and O–H groups in total. The maximum absolute atomic E-state index is 11.4. The molecule has 0 saturated carbocycles. The number of benzene rings is 3. The molecule has 17 nitrogen and oxygen atoms in total. The first-order valence-electron chi connectivity index (χ1n) is 14.3. The largest absolute Gasteiger partial charge is 0.508 e. The van der Waals surface area contributed by atoms with Gasteiger partial charge in [-0.15, -0.1) is 0 Å². The topological polar surface area (TPSA) is 281 Å². The minimum atomic E-state index is -1.60. The summed E-state index contributed by atoms with van der Waals surface area (Å²) in [5.41, 5.74) is 0.358. The average molecular weight is 695 g/mol. The molecule has 0 fully saturated rings. The van der Waals surface area contributed by atoms with Gasteiger partial charge >= 0.3 is 29.8 Å². The average Bonchev–Trinajstić information content (AvgIpc) is 3.06. The number of aliphatic hydroxyl groups excluding tert-OH is 1. The Balaban J connectivity index is 1.64. The minimum Gasteiger partial charge on any atom is -0.508 e. The van der Waals surface area contributed by atoms with Crippen molar-refractivity contribution in [2.45, 2.75) is 0 Å². The smallest absolute Gasteiger partial charge is 0.343 e. The van der Waals surface area contributed by atoms with Gasteiger partial charge in [0.05, 0.1) is 0 Å². The van der Waals surface area contributed by atoms with E-state index in [1.54, 1.807) is 24.3 Å². The summed E-state index contributed by atoms with van der Waals surface area (Å²) in [6, 6.07) is 18.4. The van der Waals surface area contributed by atoms with Gasteiger partial charge in [-0.25, -0.2) is 24.0 Å². The molecule has 4 aromatic rings. The third kappa shape index (κ3) is 10.1. The third-order valence-electron chi connectivity index (χ3n) is 6.53. The highest BCUT2D eigenvalue weighted by molar-refractivity contribution is 6.16. The summed E-state index contributed by atoms with van der Waals surface area (Å²) in [6.07, 6.45) is 3.23. The van der Waals surface area contributed by atoms with Gasteiger partial charge in [0.15, 0.2) is 0 Å². The standard InChI is InChI=1S/C34H26N6O11/c1-17(41)24(27(42)43)14-18-2-8-21(9-3-18)35-32-38-33(36-22-10-4-19(5-11-22)15-25(28(44)45)29(46)47)40-34(39-32)37-23-12-6-20(7-13-23)16-26(30(48)49)31(50)51/h2-16,41H,1H2,(H,42,43)(H,44,45)(H,46,47)(H,48,49)(H,50,51)(H3,35,36,37,38,39,40)/b24-14-. The number of hydrogen-bond donors (Lipinski definition) is 9. The first kappa shape index (κ1) is 36.0. The maximum Gasteiger partial charge on any atom is 0.343 e. The van der Waals surface area contributed by atoms with Crippen LogP contribution in [0.1, 0.15) is 16.7 Å². The molecule has 0 saturated heterocycles. The Labute approximate surface area is 286 Å². The highest BCUT2D eigenvalue weighted by atomic mass is 16.4. The molecule has 3 aromatic carbocycles. The molecule has 51 heavy (non-hydrogen) atoms. The van der Waals surface area contributed by atoms with E-state index in [1.165, 1.54) is 54.6 Å². The summed E-state index contributed by atoms with van der Waals surface area (Å²) in [5, 5.41) is 64.2. The van der Waals surface area contributed by atoms with E-state index in [0.717, 1.165) is 12.2 Å². The molecule has 0 unspecified atom stereocenters. The summed E-state index contributed by atoms with van der Waals surface area (Å²) in [7, 11) is 0. The number of rotatable bonds is 15. The molecule has 1 heterocycles. The molecule has 0 aliphatic carbocycles. The fraction of sp³-hybridized carbons (Fsp3) is 0. The first-order valence-corrected chi connectivity index (χ1v) is 14.3. The van der Waals surface area contributed by atoms with Crippen molar-refractivity contribution in [1.82, 2.24) is 15.0 Å². The van der Waals surface area contributed by atoms with Crippen molar-refractivity contribution in [3.8, 4) is 0 Å². The zero-order valence-electron chi connectivity index (χ0n) is 25.9. The van der Waals surface area contributed by atoms with Crippen molar-refractivity contribution in [2.75, 3.05) is 16.0 Å². The Morgan fingerprint density at radius 2 is 0.667 bits per heavy atom. The number of carbonyl (C=O) groups is 5. The van der Waals surface area contributed by atoms with E-state index in [1.807, 2.05) is 0 Å². The Kier molecular flexibility index (Phi) is 11.2. The number of anilines is 6. The SMILES string of the molecule is C=C(O)/C(=C/c1ccc(Nc2nc(Nc3ccc(C=C(C(=O)O)C(=O)O)cc3)nc(Nc3ccc(C=C(C(=O)O)C(=O)O)cc3)n2)cc1)C(=O)O. The Morgan fingerprint density at radius 3 is 0.882 bits per heavy atom.